The summed E-state index contributed by atoms with van der Waals surface area (Å²) >= 11 is 0. The van der Waals surface area contributed by atoms with Gasteiger partial charge in [-0.05, 0) is 32.2 Å². The van der Waals surface area contributed by atoms with Crippen LogP contribution in [0.15, 0.2) is 12.5 Å². The normalized spacial score (nSPS) is 19.4. The van der Waals surface area contributed by atoms with E-state index in [-0.39, 0.29) is 0 Å². The minimum absolute atomic E-state index is 0.389. The van der Waals surface area contributed by atoms with Gasteiger partial charge in [0.05, 0.1) is 6.33 Å². The summed E-state index contributed by atoms with van der Waals surface area (Å²) in [6, 6.07) is 0.389. The average Bonchev–Trinajstić information content (AvgIpc) is 2.77. The van der Waals surface area contributed by atoms with Crippen LogP contribution in [0.5, 0.6) is 0 Å². The molecule has 1 fully saturated rings. The van der Waals surface area contributed by atoms with Gasteiger partial charge in [-0.15, -0.1) is 0 Å². The molecule has 1 saturated heterocycles. The number of hydrogen-bond donors (Lipinski definition) is 2. The minimum atomic E-state index is 0.389. The van der Waals surface area contributed by atoms with E-state index in [1.54, 1.807) is 6.33 Å². The van der Waals surface area contributed by atoms with Gasteiger partial charge in [0, 0.05) is 32.0 Å². The maximum Gasteiger partial charge on any atom is 0.141 e. The molecule has 2 heterocycles. The van der Waals surface area contributed by atoms with Crippen LogP contribution in [0.2, 0.25) is 0 Å². The van der Waals surface area contributed by atoms with E-state index in [0.29, 0.717) is 11.9 Å². The molecule has 0 aliphatic carbocycles. The van der Waals surface area contributed by atoms with Gasteiger partial charge in [-0.3, -0.25) is 0 Å². The number of nitrogen functional groups attached to an aromatic ring is 1. The van der Waals surface area contributed by atoms with E-state index in [0.717, 1.165) is 32.2 Å². The molecule has 0 bridgehead atoms. The third-order valence-corrected chi connectivity index (χ3v) is 3.34. The van der Waals surface area contributed by atoms with Crippen molar-refractivity contribution in [1.29, 1.82) is 0 Å². The zero-order chi connectivity index (χ0) is 12.1. The lowest BCUT2D eigenvalue weighted by molar-refractivity contribution is 0.0661. The van der Waals surface area contributed by atoms with Crippen molar-refractivity contribution in [2.75, 3.05) is 32.0 Å². The van der Waals surface area contributed by atoms with Gasteiger partial charge < -0.3 is 20.4 Å². The molecule has 5 nitrogen and oxygen atoms in total. The summed E-state index contributed by atoms with van der Waals surface area (Å²) in [7, 11) is 0. The van der Waals surface area contributed by atoms with Gasteiger partial charge in [0.25, 0.3) is 0 Å². The molecule has 1 aliphatic rings. The quantitative estimate of drug-likeness (QED) is 0.804. The second-order valence-corrected chi connectivity index (χ2v) is 4.81. The first kappa shape index (κ1) is 12.4. The fourth-order valence-electron chi connectivity index (χ4n) is 2.15. The lowest BCUT2D eigenvalue weighted by Gasteiger charge is -2.23. The van der Waals surface area contributed by atoms with Crippen molar-refractivity contribution >= 4 is 5.82 Å². The maximum atomic E-state index is 5.60. The summed E-state index contributed by atoms with van der Waals surface area (Å²) in [6.45, 7) is 6.03. The number of imidazole rings is 1. The molecule has 3 N–H and O–H groups in total. The summed E-state index contributed by atoms with van der Waals surface area (Å²) < 4.78 is 7.39. The van der Waals surface area contributed by atoms with Crippen LogP contribution in [-0.2, 0) is 4.74 Å². The van der Waals surface area contributed by atoms with E-state index >= 15 is 0 Å². The maximum absolute atomic E-state index is 5.60. The number of hydrogen-bond acceptors (Lipinski definition) is 4. The molecule has 0 spiro atoms. The van der Waals surface area contributed by atoms with Crippen LogP contribution in [-0.4, -0.2) is 35.9 Å². The van der Waals surface area contributed by atoms with Crippen LogP contribution in [0.1, 0.15) is 25.8 Å². The van der Waals surface area contributed by atoms with E-state index in [1.807, 2.05) is 10.8 Å². The molecule has 5 heteroatoms. The fourth-order valence-corrected chi connectivity index (χ4v) is 2.15. The Morgan fingerprint density at radius 1 is 1.59 bits per heavy atom. The molecule has 1 aliphatic heterocycles. The average molecular weight is 238 g/mol. The molecule has 1 atom stereocenters. The van der Waals surface area contributed by atoms with E-state index < -0.39 is 0 Å². The topological polar surface area (TPSA) is 65.1 Å². The molecule has 0 aromatic carbocycles. The number of rotatable bonds is 5. The van der Waals surface area contributed by atoms with Crippen LogP contribution in [0.25, 0.3) is 0 Å². The third kappa shape index (κ3) is 3.71. The highest BCUT2D eigenvalue weighted by atomic mass is 16.5. The highest BCUT2D eigenvalue weighted by molar-refractivity contribution is 5.22. The molecular formula is C12H22N4O. The van der Waals surface area contributed by atoms with Gasteiger partial charge in [-0.1, -0.05) is 0 Å². The second-order valence-electron chi connectivity index (χ2n) is 4.81. The predicted octanol–water partition coefficient (Wildman–Crippen LogP) is 1.04. The third-order valence-electron chi connectivity index (χ3n) is 3.34. The predicted molar refractivity (Wildman–Crippen MR) is 67.8 cm³/mol. The number of ether oxygens (including phenoxy) is 1. The van der Waals surface area contributed by atoms with Crippen molar-refractivity contribution < 1.29 is 4.74 Å². The van der Waals surface area contributed by atoms with Crippen LogP contribution < -0.4 is 11.1 Å². The SMILES string of the molecule is CC(CNCC1CCOCC1)n1cnc(N)c1. The number of nitrogens with zero attached hydrogens (tertiary/aromatic N) is 2. The van der Waals surface area contributed by atoms with Crippen molar-refractivity contribution in [1.82, 2.24) is 14.9 Å². The summed E-state index contributed by atoms with van der Waals surface area (Å²) in [4.78, 5) is 4.03. The Bertz CT molecular complexity index is 333. The number of nitrogens with two attached hydrogens (primary N) is 1. The van der Waals surface area contributed by atoms with Gasteiger partial charge >= 0.3 is 0 Å². The van der Waals surface area contributed by atoms with E-state index in [9.17, 15) is 0 Å². The molecule has 1 aromatic rings. The highest BCUT2D eigenvalue weighted by Crippen LogP contribution is 2.13. The monoisotopic (exact) mass is 238 g/mol. The van der Waals surface area contributed by atoms with Crippen LogP contribution in [0.3, 0.4) is 0 Å². The highest BCUT2D eigenvalue weighted by Gasteiger charge is 2.13. The summed E-state index contributed by atoms with van der Waals surface area (Å²) in [6.07, 6.45) is 6.02. The van der Waals surface area contributed by atoms with Crippen LogP contribution in [0.4, 0.5) is 5.82 Å². The van der Waals surface area contributed by atoms with Crippen molar-refractivity contribution in [2.24, 2.45) is 5.92 Å². The van der Waals surface area contributed by atoms with Crippen LogP contribution >= 0.6 is 0 Å². The first-order chi connectivity index (χ1) is 8.25. The zero-order valence-corrected chi connectivity index (χ0v) is 10.4. The molecule has 1 unspecified atom stereocenters. The zero-order valence-electron chi connectivity index (χ0n) is 10.4. The number of nitrogens with one attached hydrogen (secondary N) is 1. The first-order valence-corrected chi connectivity index (χ1v) is 6.33. The minimum Gasteiger partial charge on any atom is -0.382 e. The van der Waals surface area contributed by atoms with Gasteiger partial charge in [-0.2, -0.15) is 0 Å². The lowest BCUT2D eigenvalue weighted by Crippen LogP contribution is -2.31. The Morgan fingerprint density at radius 2 is 2.35 bits per heavy atom. The largest absolute Gasteiger partial charge is 0.382 e. The Hall–Kier alpha value is -1.07. The van der Waals surface area contributed by atoms with Gasteiger partial charge in [0.1, 0.15) is 5.82 Å². The summed E-state index contributed by atoms with van der Waals surface area (Å²) in [5.74, 6) is 1.35. The Kier molecular flexibility index (Phi) is 4.39. The van der Waals surface area contributed by atoms with Crippen LogP contribution in [0, 0.1) is 5.92 Å². The standard InChI is InChI=1S/C12H22N4O/c1-10(16-8-12(13)15-9-16)6-14-7-11-2-4-17-5-3-11/h8-11,14H,2-7,13H2,1H3. The molecule has 0 amide bonds. The van der Waals surface area contributed by atoms with Crippen molar-refractivity contribution in [3.05, 3.63) is 12.5 Å². The fraction of sp³-hybridized carbons (Fsp3) is 0.750. The molecule has 17 heavy (non-hydrogen) atoms. The molecule has 2 rings (SSSR count). The summed E-state index contributed by atoms with van der Waals surface area (Å²) in [5.41, 5.74) is 5.60. The summed E-state index contributed by atoms with van der Waals surface area (Å²) in [5, 5.41) is 3.52. The number of anilines is 1. The van der Waals surface area contributed by atoms with Gasteiger partial charge in [0.15, 0.2) is 0 Å². The van der Waals surface area contributed by atoms with Gasteiger partial charge in [0.2, 0.25) is 0 Å². The number of aromatic nitrogens is 2. The molecule has 96 valence electrons. The molecule has 0 saturated carbocycles. The van der Waals surface area contributed by atoms with E-state index in [2.05, 4.69) is 17.2 Å². The molecular weight excluding hydrogens is 216 g/mol. The Morgan fingerprint density at radius 3 is 3.00 bits per heavy atom. The van der Waals surface area contributed by atoms with Crippen molar-refractivity contribution in [3.63, 3.8) is 0 Å². The Balaban J connectivity index is 1.67. The van der Waals surface area contributed by atoms with E-state index in [4.69, 9.17) is 10.5 Å². The van der Waals surface area contributed by atoms with Crippen molar-refractivity contribution in [3.8, 4) is 0 Å². The first-order valence-electron chi connectivity index (χ1n) is 6.33. The van der Waals surface area contributed by atoms with Crippen molar-refractivity contribution in [2.45, 2.75) is 25.8 Å². The second kappa shape index (κ2) is 6.02. The van der Waals surface area contributed by atoms with E-state index in [1.165, 1.54) is 12.8 Å². The molecule has 0 radical (unpaired) electrons. The Labute approximate surface area is 102 Å². The smallest absolute Gasteiger partial charge is 0.141 e. The lowest BCUT2D eigenvalue weighted by atomic mass is 10.0. The van der Waals surface area contributed by atoms with Gasteiger partial charge in [-0.25, -0.2) is 4.98 Å². The molecule has 1 aromatic heterocycles.